The summed E-state index contributed by atoms with van der Waals surface area (Å²) in [6.45, 7) is 3.58. The molecule has 14 heteroatoms. The molecule has 0 bridgehead atoms. The Morgan fingerprint density at radius 2 is 1.18 bits per heavy atom. The van der Waals surface area contributed by atoms with Crippen LogP contribution in [0.1, 0.15) is 49.8 Å². The molecule has 0 fully saturated rings. The minimum absolute atomic E-state index is 0.0172. The highest BCUT2D eigenvalue weighted by molar-refractivity contribution is 5.95. The molecule has 3 aromatic carbocycles. The van der Waals surface area contributed by atoms with E-state index in [2.05, 4.69) is 31.6 Å². The first kappa shape index (κ1) is 41.7. The molecule has 0 saturated carbocycles. The summed E-state index contributed by atoms with van der Waals surface area (Å²) in [5, 5.41) is 14.4. The van der Waals surface area contributed by atoms with Gasteiger partial charge in [-0.05, 0) is 48.1 Å². The van der Waals surface area contributed by atoms with Crippen LogP contribution in [0.2, 0.25) is 0 Å². The fourth-order valence-corrected chi connectivity index (χ4v) is 6.17. The Morgan fingerprint density at radius 3 is 1.78 bits per heavy atom. The van der Waals surface area contributed by atoms with Crippen LogP contribution in [0.4, 0.5) is 0 Å². The quantitative estimate of drug-likeness (QED) is 0.0625. The van der Waals surface area contributed by atoms with Gasteiger partial charge in [-0.1, -0.05) is 92.7 Å². The van der Waals surface area contributed by atoms with Gasteiger partial charge in [0.25, 0.3) is 0 Å². The summed E-state index contributed by atoms with van der Waals surface area (Å²) in [4.78, 5) is 82.4. The van der Waals surface area contributed by atoms with E-state index >= 15 is 0 Å². The molecule has 0 aliphatic carbocycles. The third kappa shape index (κ3) is 13.4. The van der Waals surface area contributed by atoms with E-state index in [-0.39, 0.29) is 43.9 Å². The maximum absolute atomic E-state index is 13.7. The molecule has 10 N–H and O–H groups in total. The first-order valence-corrected chi connectivity index (χ1v) is 18.5. The second kappa shape index (κ2) is 21.0. The van der Waals surface area contributed by atoms with E-state index < -0.39 is 60.2 Å². The lowest BCUT2D eigenvalue weighted by Crippen LogP contribution is -2.57. The van der Waals surface area contributed by atoms with Crippen molar-refractivity contribution in [3.8, 4) is 0 Å². The number of hydrogen-bond donors (Lipinski definition) is 8. The summed E-state index contributed by atoms with van der Waals surface area (Å²) in [6, 6.07) is 21.6. The number of rotatable bonds is 21. The molecular formula is C41H52N8O6. The number of aromatic amines is 1. The molecule has 292 valence electrons. The zero-order chi connectivity index (χ0) is 39.7. The van der Waals surface area contributed by atoms with Gasteiger partial charge in [-0.25, -0.2) is 0 Å². The summed E-state index contributed by atoms with van der Waals surface area (Å²) in [5.74, 6) is -3.55. The van der Waals surface area contributed by atoms with Crippen LogP contribution < -0.4 is 38.1 Å². The van der Waals surface area contributed by atoms with Crippen LogP contribution in [-0.2, 0) is 48.0 Å². The number of nitrogens with one attached hydrogen (secondary N) is 6. The highest BCUT2D eigenvalue weighted by Crippen LogP contribution is 2.19. The monoisotopic (exact) mass is 752 g/mol. The fraction of sp³-hybridized carbons (Fsp3) is 0.366. The van der Waals surface area contributed by atoms with Gasteiger partial charge in [0.15, 0.2) is 0 Å². The van der Waals surface area contributed by atoms with Crippen LogP contribution in [0.3, 0.4) is 0 Å². The van der Waals surface area contributed by atoms with Crippen LogP contribution in [0.25, 0.3) is 10.9 Å². The molecular weight excluding hydrogens is 701 g/mol. The Bertz CT molecular complexity index is 1900. The van der Waals surface area contributed by atoms with Crippen molar-refractivity contribution in [2.24, 2.45) is 17.4 Å². The summed E-state index contributed by atoms with van der Waals surface area (Å²) in [7, 11) is 0. The highest BCUT2D eigenvalue weighted by Gasteiger charge is 2.30. The second-order valence-electron chi connectivity index (χ2n) is 13.9. The van der Waals surface area contributed by atoms with Gasteiger partial charge >= 0.3 is 0 Å². The largest absolute Gasteiger partial charge is 0.368 e. The zero-order valence-electron chi connectivity index (χ0n) is 31.3. The molecule has 1 heterocycles. The second-order valence-corrected chi connectivity index (χ2v) is 13.9. The third-order valence-electron chi connectivity index (χ3n) is 9.00. The van der Waals surface area contributed by atoms with Gasteiger partial charge in [0.2, 0.25) is 35.4 Å². The number of fused-ring (bicyclic) bond motifs is 1. The fourth-order valence-electron chi connectivity index (χ4n) is 6.17. The Balaban J connectivity index is 1.43. The van der Waals surface area contributed by atoms with Crippen molar-refractivity contribution in [1.82, 2.24) is 31.6 Å². The van der Waals surface area contributed by atoms with Crippen LogP contribution in [-0.4, -0.2) is 77.7 Å². The van der Waals surface area contributed by atoms with Gasteiger partial charge in [-0.15, -0.1) is 0 Å². The molecule has 0 aliphatic rings. The van der Waals surface area contributed by atoms with Crippen molar-refractivity contribution in [3.05, 3.63) is 108 Å². The van der Waals surface area contributed by atoms with Crippen molar-refractivity contribution in [2.45, 2.75) is 76.5 Å². The molecule has 14 nitrogen and oxygen atoms in total. The van der Waals surface area contributed by atoms with E-state index in [4.69, 9.17) is 11.5 Å². The van der Waals surface area contributed by atoms with Crippen molar-refractivity contribution in [1.29, 1.82) is 0 Å². The van der Waals surface area contributed by atoms with Gasteiger partial charge < -0.3 is 43.0 Å². The van der Waals surface area contributed by atoms with E-state index in [1.165, 1.54) is 0 Å². The number of primary amides is 1. The molecule has 4 rings (SSSR count). The van der Waals surface area contributed by atoms with Crippen LogP contribution in [0.15, 0.2) is 91.1 Å². The molecule has 55 heavy (non-hydrogen) atoms. The molecule has 0 spiro atoms. The number of aromatic nitrogens is 1. The van der Waals surface area contributed by atoms with Crippen LogP contribution >= 0.6 is 0 Å². The molecule has 0 unspecified atom stereocenters. The SMILES string of the molecule is CC(C)C[C@H](NC(=O)CNC(=O)[C@H](Cc1ccccc1)NC(=O)[C@H](Cc1ccccc1)NC(=O)CCCN)C(=O)N[C@@H](Cc1c[nH]c2ccccc12)C(N)=O. The lowest BCUT2D eigenvalue weighted by atomic mass is 10.0. The molecule has 1 aromatic heterocycles. The maximum atomic E-state index is 13.7. The Kier molecular flexibility index (Phi) is 15.9. The lowest BCUT2D eigenvalue weighted by Gasteiger charge is -2.24. The number of amides is 6. The van der Waals surface area contributed by atoms with Crippen LogP contribution in [0, 0.1) is 5.92 Å². The summed E-state index contributed by atoms with van der Waals surface area (Å²) < 4.78 is 0. The van der Waals surface area contributed by atoms with Gasteiger partial charge in [0, 0.05) is 42.8 Å². The van der Waals surface area contributed by atoms with Crippen molar-refractivity contribution in [3.63, 3.8) is 0 Å². The summed E-state index contributed by atoms with van der Waals surface area (Å²) in [6.07, 6.45) is 3.02. The Hall–Kier alpha value is -6.02. The minimum atomic E-state index is -1.11. The van der Waals surface area contributed by atoms with Crippen LogP contribution in [0.5, 0.6) is 0 Å². The molecule has 0 radical (unpaired) electrons. The predicted octanol–water partition coefficient (Wildman–Crippen LogP) is 1.52. The van der Waals surface area contributed by atoms with Crippen molar-refractivity contribution in [2.75, 3.05) is 13.1 Å². The first-order valence-electron chi connectivity index (χ1n) is 18.5. The molecule has 4 atom stereocenters. The summed E-state index contributed by atoms with van der Waals surface area (Å²) in [5.41, 5.74) is 14.5. The number of carbonyl (C=O) groups is 6. The molecule has 4 aromatic rings. The van der Waals surface area contributed by atoms with Crippen molar-refractivity contribution < 1.29 is 28.8 Å². The number of H-pyrrole nitrogens is 1. The molecule has 6 amide bonds. The summed E-state index contributed by atoms with van der Waals surface area (Å²) >= 11 is 0. The van der Waals surface area contributed by atoms with Gasteiger partial charge in [-0.3, -0.25) is 28.8 Å². The van der Waals surface area contributed by atoms with E-state index in [9.17, 15) is 28.8 Å². The normalized spacial score (nSPS) is 13.2. The highest BCUT2D eigenvalue weighted by atomic mass is 16.2. The number of hydrogen-bond acceptors (Lipinski definition) is 7. The van der Waals surface area contributed by atoms with E-state index in [1.807, 2.05) is 86.6 Å². The lowest BCUT2D eigenvalue weighted by molar-refractivity contribution is -0.133. The van der Waals surface area contributed by atoms with E-state index in [0.29, 0.717) is 13.0 Å². The van der Waals surface area contributed by atoms with Gasteiger partial charge in [0.05, 0.1) is 6.54 Å². The number of para-hydroxylation sites is 1. The van der Waals surface area contributed by atoms with Gasteiger partial charge in [0.1, 0.15) is 24.2 Å². The smallest absolute Gasteiger partial charge is 0.243 e. The third-order valence-corrected chi connectivity index (χ3v) is 9.00. The topological polar surface area (TPSA) is 230 Å². The standard InChI is InChI=1S/C41H52N8O6/c1-26(2)20-33(40(54)48-32(38(43)52)23-29-24-44-31-17-10-9-16-30(29)31)47-37(51)25-45-39(53)34(21-27-12-5-3-6-13-27)49-41(55)35(46-36(50)18-11-19-42)22-28-14-7-4-8-15-28/h3-10,12-17,24,26,32-35,44H,11,18-23,25,42H2,1-2H3,(H2,43,52)(H,45,53)(H,46,50)(H,47,51)(H,48,54)(H,49,55)/t32-,33-,34-,35-/m0/s1. The molecule has 0 aliphatic heterocycles. The Labute approximate surface area is 320 Å². The predicted molar refractivity (Wildman–Crippen MR) is 210 cm³/mol. The Morgan fingerprint density at radius 1 is 0.636 bits per heavy atom. The number of benzene rings is 3. The number of carbonyl (C=O) groups excluding carboxylic acids is 6. The van der Waals surface area contributed by atoms with Gasteiger partial charge in [-0.2, -0.15) is 0 Å². The zero-order valence-corrected chi connectivity index (χ0v) is 31.3. The average Bonchev–Trinajstić information content (AvgIpc) is 3.58. The van der Waals surface area contributed by atoms with Crippen molar-refractivity contribution >= 4 is 46.3 Å². The first-order chi connectivity index (χ1) is 26.4. The average molecular weight is 753 g/mol. The minimum Gasteiger partial charge on any atom is -0.368 e. The van der Waals surface area contributed by atoms with E-state index in [0.717, 1.165) is 27.6 Å². The van der Waals surface area contributed by atoms with E-state index in [1.54, 1.807) is 18.3 Å². The maximum Gasteiger partial charge on any atom is 0.243 e. The number of nitrogens with two attached hydrogens (primary N) is 2. The molecule has 0 saturated heterocycles.